The SMILES string of the molecule is CCCCCC[C@H]([C@H](C)O)n1cnc2c(N)ncnc21.Cl. The summed E-state index contributed by atoms with van der Waals surface area (Å²) in [6.45, 7) is 4.00. The zero-order valence-corrected chi connectivity index (χ0v) is 13.4. The maximum atomic E-state index is 10.0. The second-order valence-electron chi connectivity index (χ2n) is 5.24. The monoisotopic (exact) mass is 313 g/mol. The number of fused-ring (bicyclic) bond motifs is 1. The highest BCUT2D eigenvalue weighted by Gasteiger charge is 2.20. The van der Waals surface area contributed by atoms with Gasteiger partial charge in [0.25, 0.3) is 0 Å². The Balaban J connectivity index is 0.00000220. The molecule has 0 aliphatic carbocycles. The molecular formula is C14H24ClN5O. The summed E-state index contributed by atoms with van der Waals surface area (Å²) in [4.78, 5) is 12.5. The van der Waals surface area contributed by atoms with Crippen LogP contribution in [-0.4, -0.2) is 30.7 Å². The number of rotatable bonds is 7. The van der Waals surface area contributed by atoms with Crippen molar-refractivity contribution < 1.29 is 5.11 Å². The lowest BCUT2D eigenvalue weighted by Crippen LogP contribution is -2.21. The Kier molecular flexibility index (Phi) is 6.84. The average Bonchev–Trinajstić information content (AvgIpc) is 2.84. The van der Waals surface area contributed by atoms with Gasteiger partial charge >= 0.3 is 0 Å². The maximum Gasteiger partial charge on any atom is 0.165 e. The predicted molar refractivity (Wildman–Crippen MR) is 86.5 cm³/mol. The summed E-state index contributed by atoms with van der Waals surface area (Å²) in [5, 5.41) is 10.0. The molecule has 0 aromatic carbocycles. The first kappa shape index (κ1) is 17.7. The van der Waals surface area contributed by atoms with Gasteiger partial charge in [-0.3, -0.25) is 0 Å². The molecule has 0 bridgehead atoms. The van der Waals surface area contributed by atoms with E-state index >= 15 is 0 Å². The van der Waals surface area contributed by atoms with Gasteiger partial charge in [-0.15, -0.1) is 12.4 Å². The van der Waals surface area contributed by atoms with Crippen molar-refractivity contribution in [2.45, 2.75) is 58.1 Å². The first-order chi connectivity index (χ1) is 9.65. The lowest BCUT2D eigenvalue weighted by Gasteiger charge is -2.21. The Hall–Kier alpha value is -1.40. The van der Waals surface area contributed by atoms with Crippen molar-refractivity contribution >= 4 is 29.4 Å². The van der Waals surface area contributed by atoms with Crippen LogP contribution in [0, 0.1) is 0 Å². The molecule has 2 aromatic rings. The Morgan fingerprint density at radius 2 is 2.00 bits per heavy atom. The molecule has 0 aliphatic rings. The van der Waals surface area contributed by atoms with Crippen LogP contribution in [-0.2, 0) is 0 Å². The number of aliphatic hydroxyl groups is 1. The molecule has 0 saturated heterocycles. The molecule has 0 aliphatic heterocycles. The van der Waals surface area contributed by atoms with E-state index in [1.54, 1.807) is 13.3 Å². The summed E-state index contributed by atoms with van der Waals surface area (Å²) in [5.74, 6) is 0.379. The number of nitrogen functional groups attached to an aromatic ring is 1. The fourth-order valence-corrected chi connectivity index (χ4v) is 2.51. The maximum absolute atomic E-state index is 10.0. The molecule has 3 N–H and O–H groups in total. The molecule has 2 heterocycles. The fraction of sp³-hybridized carbons (Fsp3) is 0.643. The van der Waals surface area contributed by atoms with Gasteiger partial charge in [0.2, 0.25) is 0 Å². The molecule has 0 spiro atoms. The summed E-state index contributed by atoms with van der Waals surface area (Å²) in [7, 11) is 0. The molecule has 0 unspecified atom stereocenters. The van der Waals surface area contributed by atoms with Crippen molar-refractivity contribution in [2.75, 3.05) is 5.73 Å². The summed E-state index contributed by atoms with van der Waals surface area (Å²) in [6, 6.07) is -0.0221. The van der Waals surface area contributed by atoms with Crippen LogP contribution in [0.2, 0.25) is 0 Å². The lowest BCUT2D eigenvalue weighted by molar-refractivity contribution is 0.124. The molecular weight excluding hydrogens is 290 g/mol. The Morgan fingerprint density at radius 3 is 2.67 bits per heavy atom. The van der Waals surface area contributed by atoms with Crippen molar-refractivity contribution in [3.05, 3.63) is 12.7 Å². The highest BCUT2D eigenvalue weighted by molar-refractivity contribution is 5.85. The number of halogens is 1. The molecule has 0 radical (unpaired) electrons. The number of anilines is 1. The normalized spacial score (nSPS) is 13.9. The van der Waals surface area contributed by atoms with Crippen molar-refractivity contribution in [1.82, 2.24) is 19.5 Å². The van der Waals surface area contributed by atoms with Crippen LogP contribution in [0.25, 0.3) is 11.2 Å². The van der Waals surface area contributed by atoms with E-state index in [2.05, 4.69) is 21.9 Å². The summed E-state index contributed by atoms with van der Waals surface area (Å²) >= 11 is 0. The van der Waals surface area contributed by atoms with Crippen LogP contribution in [0.1, 0.15) is 52.0 Å². The molecule has 21 heavy (non-hydrogen) atoms. The second kappa shape index (κ2) is 8.14. The molecule has 7 heteroatoms. The highest BCUT2D eigenvalue weighted by Crippen LogP contribution is 2.25. The minimum atomic E-state index is -0.454. The van der Waals surface area contributed by atoms with Gasteiger partial charge in [0.15, 0.2) is 11.5 Å². The third kappa shape index (κ3) is 4.04. The Bertz CT molecular complexity index is 557. The van der Waals surface area contributed by atoms with E-state index in [4.69, 9.17) is 5.73 Å². The minimum absolute atomic E-state index is 0. The number of aliphatic hydroxyl groups excluding tert-OH is 1. The van der Waals surface area contributed by atoms with E-state index in [0.29, 0.717) is 17.0 Å². The third-order valence-electron chi connectivity index (χ3n) is 3.65. The van der Waals surface area contributed by atoms with Gasteiger partial charge in [0.05, 0.1) is 18.5 Å². The van der Waals surface area contributed by atoms with Crippen LogP contribution in [0.15, 0.2) is 12.7 Å². The molecule has 2 aromatic heterocycles. The van der Waals surface area contributed by atoms with Crippen LogP contribution < -0.4 is 5.73 Å². The number of nitrogens with two attached hydrogens (primary N) is 1. The van der Waals surface area contributed by atoms with Crippen molar-refractivity contribution in [3.8, 4) is 0 Å². The van der Waals surface area contributed by atoms with Crippen molar-refractivity contribution in [1.29, 1.82) is 0 Å². The lowest BCUT2D eigenvalue weighted by atomic mass is 10.0. The van der Waals surface area contributed by atoms with Crippen molar-refractivity contribution in [3.63, 3.8) is 0 Å². The molecule has 0 saturated carbocycles. The van der Waals surface area contributed by atoms with Crippen LogP contribution in [0.5, 0.6) is 0 Å². The highest BCUT2D eigenvalue weighted by atomic mass is 35.5. The number of aromatic nitrogens is 4. The first-order valence-electron chi connectivity index (χ1n) is 7.26. The summed E-state index contributed by atoms with van der Waals surface area (Å²) in [6.07, 6.45) is 8.30. The first-order valence-corrected chi connectivity index (χ1v) is 7.26. The van der Waals surface area contributed by atoms with Gasteiger partial charge in [-0.1, -0.05) is 32.6 Å². The average molecular weight is 314 g/mol. The molecule has 0 fully saturated rings. The van der Waals surface area contributed by atoms with E-state index < -0.39 is 6.10 Å². The van der Waals surface area contributed by atoms with Gasteiger partial charge in [-0.2, -0.15) is 0 Å². The topological polar surface area (TPSA) is 89.8 Å². The molecule has 2 rings (SSSR count). The molecule has 0 amide bonds. The minimum Gasteiger partial charge on any atom is -0.391 e. The van der Waals surface area contributed by atoms with E-state index in [1.807, 2.05) is 4.57 Å². The van der Waals surface area contributed by atoms with Gasteiger partial charge < -0.3 is 15.4 Å². The van der Waals surface area contributed by atoms with Gasteiger partial charge in [0.1, 0.15) is 11.8 Å². The second-order valence-corrected chi connectivity index (χ2v) is 5.24. The quantitative estimate of drug-likeness (QED) is 0.767. The fourth-order valence-electron chi connectivity index (χ4n) is 2.51. The molecule has 118 valence electrons. The Morgan fingerprint density at radius 1 is 1.24 bits per heavy atom. The van der Waals surface area contributed by atoms with Crippen LogP contribution in [0.4, 0.5) is 5.82 Å². The zero-order valence-electron chi connectivity index (χ0n) is 12.6. The summed E-state index contributed by atoms with van der Waals surface area (Å²) < 4.78 is 1.92. The summed E-state index contributed by atoms with van der Waals surface area (Å²) in [5.41, 5.74) is 7.09. The van der Waals surface area contributed by atoms with Crippen LogP contribution >= 0.6 is 12.4 Å². The third-order valence-corrected chi connectivity index (χ3v) is 3.65. The molecule has 6 nitrogen and oxygen atoms in total. The number of hydrogen-bond donors (Lipinski definition) is 2. The van der Waals surface area contributed by atoms with Crippen LogP contribution in [0.3, 0.4) is 0 Å². The standard InChI is InChI=1S/C14H23N5O.ClH/c1-3-4-5-6-7-11(10(2)20)19-9-18-12-13(15)16-8-17-14(12)19;/h8-11,20H,3-7H2,1-2H3,(H2,15,16,17);1H/t10-,11+;/m0./s1. The van der Waals surface area contributed by atoms with E-state index in [0.717, 1.165) is 12.8 Å². The number of nitrogens with zero attached hydrogens (tertiary/aromatic N) is 4. The Labute approximate surface area is 131 Å². The van der Waals surface area contributed by atoms with Gasteiger partial charge in [-0.05, 0) is 13.3 Å². The van der Waals surface area contributed by atoms with Gasteiger partial charge in [0, 0.05) is 0 Å². The van der Waals surface area contributed by atoms with E-state index in [9.17, 15) is 5.11 Å². The predicted octanol–water partition coefficient (Wildman–Crippen LogP) is 2.72. The number of hydrogen-bond acceptors (Lipinski definition) is 5. The van der Waals surface area contributed by atoms with Crippen molar-refractivity contribution in [2.24, 2.45) is 0 Å². The number of unbranched alkanes of at least 4 members (excludes halogenated alkanes) is 3. The smallest absolute Gasteiger partial charge is 0.165 e. The zero-order chi connectivity index (χ0) is 14.5. The van der Waals surface area contributed by atoms with Gasteiger partial charge in [-0.25, -0.2) is 15.0 Å². The molecule has 2 atom stereocenters. The van der Waals surface area contributed by atoms with E-state index in [-0.39, 0.29) is 18.4 Å². The number of imidazole rings is 1. The van der Waals surface area contributed by atoms with E-state index in [1.165, 1.54) is 25.6 Å². The largest absolute Gasteiger partial charge is 0.391 e.